The second kappa shape index (κ2) is 9.59. The highest BCUT2D eigenvalue weighted by Gasteiger charge is 2.14. The molecule has 4 heterocycles. The van der Waals surface area contributed by atoms with E-state index in [0.717, 1.165) is 38.0 Å². The quantitative estimate of drug-likeness (QED) is 0.128. The van der Waals surface area contributed by atoms with Gasteiger partial charge in [-0.15, -0.1) is 11.3 Å². The maximum Gasteiger partial charge on any atom is 0.345 e. The first kappa shape index (κ1) is 23.6. The Balaban J connectivity index is 1.31. The van der Waals surface area contributed by atoms with Crippen LogP contribution < -0.4 is 11.1 Å². The van der Waals surface area contributed by atoms with Crippen LogP contribution in [-0.4, -0.2) is 20.6 Å². The Hall–Kier alpha value is -3.79. The van der Waals surface area contributed by atoms with Crippen LogP contribution in [0.3, 0.4) is 0 Å². The summed E-state index contributed by atoms with van der Waals surface area (Å²) in [5.41, 5.74) is 8.42. The minimum Gasteiger partial charge on any atom is -0.422 e. The minimum absolute atomic E-state index is 0.359. The highest BCUT2D eigenvalue weighted by Crippen LogP contribution is 2.28. The van der Waals surface area contributed by atoms with Crippen LogP contribution in [0.1, 0.15) is 11.3 Å². The van der Waals surface area contributed by atoms with E-state index in [1.54, 1.807) is 35.9 Å². The van der Waals surface area contributed by atoms with Crippen molar-refractivity contribution in [3.05, 3.63) is 103 Å². The summed E-state index contributed by atoms with van der Waals surface area (Å²) in [6.45, 7) is 2.04. The summed E-state index contributed by atoms with van der Waals surface area (Å²) in [5, 5.41) is 8.04. The molecule has 37 heavy (non-hydrogen) atoms. The zero-order chi connectivity index (χ0) is 25.5. The molecule has 0 fully saturated rings. The number of pyridine rings is 1. The topological polar surface area (TPSA) is 84.8 Å². The van der Waals surface area contributed by atoms with Crippen LogP contribution in [0.2, 0.25) is 5.02 Å². The second-order valence-corrected chi connectivity index (χ2v) is 10.5. The number of aryl methyl sites for hydroxylation is 1. The molecule has 0 amide bonds. The monoisotopic (exact) mass is 589 g/mol. The molecule has 4 aromatic heterocycles. The number of hydrogen-bond acceptors (Lipinski definition) is 7. The number of nitrogens with zero attached hydrogens (tertiary/aromatic N) is 4. The number of benzene rings is 2. The Morgan fingerprint density at radius 2 is 1.95 bits per heavy atom. The molecule has 0 aliphatic carbocycles. The molecule has 0 aliphatic rings. The van der Waals surface area contributed by atoms with E-state index in [4.69, 9.17) is 21.0 Å². The lowest BCUT2D eigenvalue weighted by Crippen LogP contribution is -2.03. The van der Waals surface area contributed by atoms with Gasteiger partial charge in [-0.3, -0.25) is 9.83 Å². The van der Waals surface area contributed by atoms with Crippen LogP contribution >= 0.6 is 38.9 Å². The fraction of sp³-hybridized carbons (Fsp3) is 0.0370. The number of nitrogens with one attached hydrogen (secondary N) is 1. The van der Waals surface area contributed by atoms with Gasteiger partial charge in [0.25, 0.3) is 0 Å². The van der Waals surface area contributed by atoms with Crippen molar-refractivity contribution in [2.45, 2.75) is 6.92 Å². The number of hydrogen-bond donors (Lipinski definition) is 1. The van der Waals surface area contributed by atoms with Crippen LogP contribution in [0.15, 0.2) is 91.0 Å². The number of aromatic nitrogens is 3. The molecule has 0 unspecified atom stereocenters. The van der Waals surface area contributed by atoms with Crippen LogP contribution in [0, 0.1) is 6.92 Å². The summed E-state index contributed by atoms with van der Waals surface area (Å²) >= 11 is 10.9. The predicted molar refractivity (Wildman–Crippen MR) is 153 cm³/mol. The third kappa shape index (κ3) is 4.69. The molecule has 0 atom stereocenters. The highest BCUT2D eigenvalue weighted by molar-refractivity contribution is 9.10. The average molecular weight is 591 g/mol. The lowest BCUT2D eigenvalue weighted by molar-refractivity contribution is 0.563. The SMILES string of the molecule is Cc1ccn2c(/C=N/Nc3nc(-c4cc5cc(Cl)ccc5oc4=O)cs3)c(-c3ccc(Br)cc3)nc2c1. The van der Waals surface area contributed by atoms with E-state index in [2.05, 4.69) is 31.4 Å². The Bertz CT molecular complexity index is 1870. The van der Waals surface area contributed by atoms with Crippen molar-refractivity contribution in [2.24, 2.45) is 5.10 Å². The van der Waals surface area contributed by atoms with E-state index in [9.17, 15) is 4.79 Å². The van der Waals surface area contributed by atoms with Crippen molar-refractivity contribution in [3.63, 3.8) is 0 Å². The van der Waals surface area contributed by atoms with Gasteiger partial charge in [0.1, 0.15) is 11.2 Å². The van der Waals surface area contributed by atoms with Crippen LogP contribution in [0.5, 0.6) is 0 Å². The van der Waals surface area contributed by atoms with Crippen LogP contribution in [-0.2, 0) is 0 Å². The number of fused-ring (bicyclic) bond motifs is 2. The average Bonchev–Trinajstić information content (AvgIpc) is 3.49. The first-order valence-corrected chi connectivity index (χ1v) is 13.2. The number of imidazole rings is 1. The Morgan fingerprint density at radius 3 is 2.78 bits per heavy atom. The summed E-state index contributed by atoms with van der Waals surface area (Å²) in [6.07, 6.45) is 3.70. The maximum absolute atomic E-state index is 12.5. The summed E-state index contributed by atoms with van der Waals surface area (Å²) in [6, 6.07) is 18.9. The molecule has 182 valence electrons. The fourth-order valence-electron chi connectivity index (χ4n) is 3.98. The van der Waals surface area contributed by atoms with Gasteiger partial charge in [-0.2, -0.15) is 5.10 Å². The van der Waals surface area contributed by atoms with Gasteiger partial charge in [0.2, 0.25) is 5.13 Å². The van der Waals surface area contributed by atoms with Gasteiger partial charge in [-0.25, -0.2) is 14.8 Å². The summed E-state index contributed by atoms with van der Waals surface area (Å²) in [5.74, 6) is 0. The van der Waals surface area contributed by atoms with Crippen molar-refractivity contribution in [1.82, 2.24) is 14.4 Å². The van der Waals surface area contributed by atoms with Gasteiger partial charge in [0.15, 0.2) is 0 Å². The molecule has 0 spiro atoms. The lowest BCUT2D eigenvalue weighted by atomic mass is 10.1. The zero-order valence-corrected chi connectivity index (χ0v) is 22.4. The van der Waals surface area contributed by atoms with Crippen LogP contribution in [0.25, 0.3) is 39.1 Å². The Morgan fingerprint density at radius 1 is 1.11 bits per heavy atom. The van der Waals surface area contributed by atoms with E-state index in [1.165, 1.54) is 11.3 Å². The molecule has 6 rings (SSSR count). The molecule has 7 nitrogen and oxygen atoms in total. The van der Waals surface area contributed by atoms with Gasteiger partial charge in [-0.1, -0.05) is 39.7 Å². The largest absolute Gasteiger partial charge is 0.422 e. The van der Waals surface area contributed by atoms with Gasteiger partial charge in [0, 0.05) is 32.0 Å². The number of halogens is 2. The van der Waals surface area contributed by atoms with Crippen molar-refractivity contribution in [2.75, 3.05) is 5.43 Å². The summed E-state index contributed by atoms with van der Waals surface area (Å²) < 4.78 is 8.43. The first-order chi connectivity index (χ1) is 17.9. The maximum atomic E-state index is 12.5. The molecular formula is C27H17BrClN5O2S. The lowest BCUT2D eigenvalue weighted by Gasteiger charge is -2.02. The normalized spacial score (nSPS) is 11.6. The van der Waals surface area contributed by atoms with Crippen molar-refractivity contribution < 1.29 is 4.42 Å². The van der Waals surface area contributed by atoms with Crippen molar-refractivity contribution >= 4 is 66.8 Å². The van der Waals surface area contributed by atoms with E-state index < -0.39 is 5.63 Å². The van der Waals surface area contributed by atoms with Crippen LogP contribution in [0.4, 0.5) is 5.13 Å². The van der Waals surface area contributed by atoms with Gasteiger partial charge in [-0.05, 0) is 61.0 Å². The molecule has 0 aliphatic heterocycles. The fourth-order valence-corrected chi connectivity index (χ4v) is 5.08. The third-order valence-corrected chi connectivity index (χ3v) is 7.27. The number of rotatable bonds is 5. The molecule has 0 bridgehead atoms. The van der Waals surface area contributed by atoms with E-state index in [0.29, 0.717) is 27.0 Å². The molecule has 2 aromatic carbocycles. The standard InChI is InChI=1S/C27H17BrClN5O2S/c1-15-8-9-34-22(25(32-24(34)10-15)16-2-4-18(28)5-3-16)13-30-33-27-31-21(14-37-27)20-12-17-11-19(29)6-7-23(17)36-26(20)35/h2-14H,1H3,(H,31,33)/b30-13+. The summed E-state index contributed by atoms with van der Waals surface area (Å²) in [7, 11) is 0. The Kier molecular flexibility index (Phi) is 6.11. The van der Waals surface area contributed by atoms with E-state index in [1.807, 2.05) is 53.9 Å². The second-order valence-electron chi connectivity index (χ2n) is 8.32. The molecule has 1 N–H and O–H groups in total. The first-order valence-electron chi connectivity index (χ1n) is 11.2. The molecule has 6 aromatic rings. The molecule has 0 saturated carbocycles. The van der Waals surface area contributed by atoms with E-state index in [-0.39, 0.29) is 0 Å². The highest BCUT2D eigenvalue weighted by atomic mass is 79.9. The minimum atomic E-state index is -0.463. The summed E-state index contributed by atoms with van der Waals surface area (Å²) in [4.78, 5) is 21.9. The predicted octanol–water partition coefficient (Wildman–Crippen LogP) is 7.40. The number of hydrazone groups is 1. The third-order valence-electron chi connectivity index (χ3n) is 5.76. The smallest absolute Gasteiger partial charge is 0.345 e. The molecule has 10 heteroatoms. The van der Waals surface area contributed by atoms with Crippen molar-refractivity contribution in [3.8, 4) is 22.5 Å². The van der Waals surface area contributed by atoms with Crippen molar-refractivity contribution in [1.29, 1.82) is 0 Å². The molecule has 0 saturated heterocycles. The Labute approximate surface area is 228 Å². The number of thiazole rings is 1. The van der Waals surface area contributed by atoms with Gasteiger partial charge in [0.05, 0.1) is 28.9 Å². The molecule has 0 radical (unpaired) electrons. The van der Waals surface area contributed by atoms with Gasteiger partial charge < -0.3 is 4.42 Å². The molecular weight excluding hydrogens is 574 g/mol. The zero-order valence-electron chi connectivity index (χ0n) is 19.3. The van der Waals surface area contributed by atoms with E-state index >= 15 is 0 Å². The number of anilines is 1. The van der Waals surface area contributed by atoms with Gasteiger partial charge >= 0.3 is 5.63 Å².